The second-order valence-corrected chi connectivity index (χ2v) is 5.36. The van der Waals surface area contributed by atoms with Crippen molar-refractivity contribution in [3.63, 3.8) is 0 Å². The van der Waals surface area contributed by atoms with Crippen molar-refractivity contribution in [3.8, 4) is 0 Å². The number of amides is 2. The van der Waals surface area contributed by atoms with E-state index in [0.717, 1.165) is 21.1 Å². The molecule has 1 fully saturated rings. The van der Waals surface area contributed by atoms with Crippen molar-refractivity contribution in [2.45, 2.75) is 18.8 Å². The Bertz CT molecular complexity index is 684. The van der Waals surface area contributed by atoms with E-state index < -0.39 is 0 Å². The molecule has 0 saturated carbocycles. The Kier molecular flexibility index (Phi) is 3.06. The van der Waals surface area contributed by atoms with Gasteiger partial charge in [0.1, 0.15) is 4.60 Å². The van der Waals surface area contributed by atoms with Crippen LogP contribution in [-0.4, -0.2) is 16.8 Å². The highest BCUT2D eigenvalue weighted by Gasteiger charge is 2.29. The number of benzene rings is 1. The zero-order valence-corrected chi connectivity index (χ0v) is 11.6. The number of imide groups is 1. The molecule has 19 heavy (non-hydrogen) atoms. The van der Waals surface area contributed by atoms with Crippen LogP contribution in [0, 0.1) is 0 Å². The van der Waals surface area contributed by atoms with Crippen LogP contribution in [0.15, 0.2) is 34.9 Å². The molecule has 1 N–H and O–H groups in total. The Labute approximate surface area is 118 Å². The lowest BCUT2D eigenvalue weighted by molar-refractivity contribution is -0.134. The van der Waals surface area contributed by atoms with E-state index in [2.05, 4.69) is 26.2 Å². The van der Waals surface area contributed by atoms with Crippen LogP contribution in [0.1, 0.15) is 24.3 Å². The average Bonchev–Trinajstić information content (AvgIpc) is 2.38. The Hall–Kier alpha value is -1.75. The first kappa shape index (κ1) is 12.3. The molecule has 0 bridgehead atoms. The van der Waals surface area contributed by atoms with Gasteiger partial charge in [-0.1, -0.05) is 12.1 Å². The van der Waals surface area contributed by atoms with E-state index in [-0.39, 0.29) is 17.7 Å². The monoisotopic (exact) mass is 318 g/mol. The molecule has 1 unspecified atom stereocenters. The summed E-state index contributed by atoms with van der Waals surface area (Å²) < 4.78 is 0.764. The van der Waals surface area contributed by atoms with E-state index in [1.54, 1.807) is 0 Å². The summed E-state index contributed by atoms with van der Waals surface area (Å²) in [5.41, 5.74) is 1.78. The lowest BCUT2D eigenvalue weighted by Crippen LogP contribution is -2.39. The maximum Gasteiger partial charge on any atom is 0.234 e. The fourth-order valence-electron chi connectivity index (χ4n) is 2.45. The van der Waals surface area contributed by atoms with Crippen molar-refractivity contribution < 1.29 is 9.59 Å². The number of aromatic nitrogens is 1. The summed E-state index contributed by atoms with van der Waals surface area (Å²) in [6.07, 6.45) is 0.941. The highest BCUT2D eigenvalue weighted by molar-refractivity contribution is 9.10. The number of hydrogen-bond acceptors (Lipinski definition) is 3. The van der Waals surface area contributed by atoms with Crippen LogP contribution in [0.2, 0.25) is 0 Å². The van der Waals surface area contributed by atoms with E-state index in [0.29, 0.717) is 12.8 Å². The fourth-order valence-corrected chi connectivity index (χ4v) is 2.77. The molecular weight excluding hydrogens is 308 g/mol. The molecule has 0 radical (unpaired) electrons. The van der Waals surface area contributed by atoms with Crippen molar-refractivity contribution >= 4 is 38.6 Å². The summed E-state index contributed by atoms with van der Waals surface area (Å²) in [5, 5.41) is 3.35. The summed E-state index contributed by atoms with van der Waals surface area (Å²) in [5.74, 6) is -0.682. The first-order chi connectivity index (χ1) is 9.15. The third-order valence-corrected chi connectivity index (χ3v) is 3.79. The molecule has 1 aromatic carbocycles. The second kappa shape index (κ2) is 4.74. The SMILES string of the molecule is O=C1CCC(c2cccc3nc(Br)ccc23)C(=O)N1. The first-order valence-corrected chi connectivity index (χ1v) is 6.83. The van der Waals surface area contributed by atoms with Gasteiger partial charge in [0.2, 0.25) is 11.8 Å². The third kappa shape index (κ3) is 2.26. The minimum Gasteiger partial charge on any atom is -0.296 e. The van der Waals surface area contributed by atoms with Gasteiger partial charge in [-0.2, -0.15) is 0 Å². The molecule has 1 atom stereocenters. The van der Waals surface area contributed by atoms with E-state index in [9.17, 15) is 9.59 Å². The van der Waals surface area contributed by atoms with Gasteiger partial charge < -0.3 is 0 Å². The lowest BCUT2D eigenvalue weighted by Gasteiger charge is -2.22. The number of carbonyl (C=O) groups is 2. The molecule has 1 saturated heterocycles. The predicted octanol–water partition coefficient (Wildman–Crippen LogP) is 2.52. The Morgan fingerprint density at radius 2 is 2.05 bits per heavy atom. The molecule has 1 aliphatic heterocycles. The first-order valence-electron chi connectivity index (χ1n) is 6.04. The molecule has 5 heteroatoms. The molecule has 0 spiro atoms. The molecule has 1 aromatic heterocycles. The summed E-state index contributed by atoms with van der Waals surface area (Å²) in [7, 11) is 0. The maximum atomic E-state index is 12.0. The number of nitrogens with zero attached hydrogens (tertiary/aromatic N) is 1. The van der Waals surface area contributed by atoms with Gasteiger partial charge >= 0.3 is 0 Å². The van der Waals surface area contributed by atoms with Gasteiger partial charge in [-0.05, 0) is 46.1 Å². The normalized spacial score (nSPS) is 19.5. The summed E-state index contributed by atoms with van der Waals surface area (Å²) in [4.78, 5) is 27.6. The van der Waals surface area contributed by atoms with Crippen LogP contribution < -0.4 is 5.32 Å². The zero-order chi connectivity index (χ0) is 13.4. The highest BCUT2D eigenvalue weighted by atomic mass is 79.9. The van der Waals surface area contributed by atoms with Crippen molar-refractivity contribution in [3.05, 3.63) is 40.5 Å². The second-order valence-electron chi connectivity index (χ2n) is 4.55. The number of rotatable bonds is 1. The van der Waals surface area contributed by atoms with Gasteiger partial charge in [0.25, 0.3) is 0 Å². The molecule has 4 nitrogen and oxygen atoms in total. The molecule has 2 amide bonds. The topological polar surface area (TPSA) is 59.1 Å². The van der Waals surface area contributed by atoms with Gasteiger partial charge in [0.05, 0.1) is 11.4 Å². The molecule has 1 aliphatic rings. The van der Waals surface area contributed by atoms with Crippen molar-refractivity contribution in [1.29, 1.82) is 0 Å². The number of fused-ring (bicyclic) bond motifs is 1. The minimum absolute atomic E-state index is 0.192. The van der Waals surface area contributed by atoms with Crippen LogP contribution in [0.5, 0.6) is 0 Å². The van der Waals surface area contributed by atoms with E-state index in [1.807, 2.05) is 30.3 Å². The summed E-state index contributed by atoms with van der Waals surface area (Å²) >= 11 is 3.34. The van der Waals surface area contributed by atoms with Crippen molar-refractivity contribution in [1.82, 2.24) is 10.3 Å². The largest absolute Gasteiger partial charge is 0.296 e. The molecule has 2 heterocycles. The van der Waals surface area contributed by atoms with E-state index >= 15 is 0 Å². The molecule has 0 aliphatic carbocycles. The molecule has 3 rings (SSSR count). The standard InChI is InChI=1S/C14H11BrN2O2/c15-12-6-4-9-8(2-1-3-11(9)16-12)10-5-7-13(18)17-14(10)19/h1-4,6,10H,5,7H2,(H,17,18,19). The van der Waals surface area contributed by atoms with Gasteiger partial charge in [-0.3, -0.25) is 14.9 Å². The van der Waals surface area contributed by atoms with Crippen LogP contribution in [0.25, 0.3) is 10.9 Å². The van der Waals surface area contributed by atoms with E-state index in [4.69, 9.17) is 0 Å². The van der Waals surface area contributed by atoms with Gasteiger partial charge in [0.15, 0.2) is 0 Å². The summed E-state index contributed by atoms with van der Waals surface area (Å²) in [6.45, 7) is 0. The van der Waals surface area contributed by atoms with Crippen LogP contribution in [0.4, 0.5) is 0 Å². The van der Waals surface area contributed by atoms with Gasteiger partial charge in [0, 0.05) is 11.8 Å². The highest BCUT2D eigenvalue weighted by Crippen LogP contribution is 2.30. The predicted molar refractivity (Wildman–Crippen MR) is 74.6 cm³/mol. The number of carbonyl (C=O) groups excluding carboxylic acids is 2. The number of pyridine rings is 1. The zero-order valence-electron chi connectivity index (χ0n) is 10.0. The quantitative estimate of drug-likeness (QED) is 0.649. The Morgan fingerprint density at radius 1 is 1.21 bits per heavy atom. The smallest absolute Gasteiger partial charge is 0.234 e. The Morgan fingerprint density at radius 3 is 2.84 bits per heavy atom. The van der Waals surface area contributed by atoms with Crippen molar-refractivity contribution in [2.24, 2.45) is 0 Å². The van der Waals surface area contributed by atoms with Crippen LogP contribution in [0.3, 0.4) is 0 Å². The lowest BCUT2D eigenvalue weighted by atomic mass is 9.88. The van der Waals surface area contributed by atoms with Crippen LogP contribution in [-0.2, 0) is 9.59 Å². The molecule has 96 valence electrons. The number of piperidine rings is 1. The van der Waals surface area contributed by atoms with Gasteiger partial charge in [-0.15, -0.1) is 0 Å². The minimum atomic E-state index is -0.274. The molecular formula is C14H11BrN2O2. The Balaban J connectivity index is 2.10. The number of nitrogens with one attached hydrogen (secondary N) is 1. The van der Waals surface area contributed by atoms with Gasteiger partial charge in [-0.25, -0.2) is 4.98 Å². The fraction of sp³-hybridized carbons (Fsp3) is 0.214. The average molecular weight is 319 g/mol. The maximum absolute atomic E-state index is 12.0. The van der Waals surface area contributed by atoms with Crippen LogP contribution >= 0.6 is 15.9 Å². The van der Waals surface area contributed by atoms with E-state index in [1.165, 1.54) is 0 Å². The molecule has 2 aromatic rings. The number of hydrogen-bond donors (Lipinski definition) is 1. The summed E-state index contributed by atoms with van der Waals surface area (Å²) in [6, 6.07) is 9.54. The number of halogens is 1. The van der Waals surface area contributed by atoms with Crippen molar-refractivity contribution in [2.75, 3.05) is 0 Å². The third-order valence-electron chi connectivity index (χ3n) is 3.35.